The molecule has 0 fully saturated rings. The lowest BCUT2D eigenvalue weighted by atomic mass is 10.1. The maximum absolute atomic E-state index is 13.6. The van der Waals surface area contributed by atoms with E-state index in [2.05, 4.69) is 10.6 Å². The van der Waals surface area contributed by atoms with E-state index in [1.165, 1.54) is 13.2 Å². The summed E-state index contributed by atoms with van der Waals surface area (Å²) in [7, 11) is 1.54. The van der Waals surface area contributed by atoms with E-state index >= 15 is 0 Å². The van der Waals surface area contributed by atoms with Crippen molar-refractivity contribution in [3.8, 4) is 5.75 Å². The van der Waals surface area contributed by atoms with Crippen molar-refractivity contribution in [1.82, 2.24) is 5.32 Å². The number of carbonyl (C=O) groups is 2. The van der Waals surface area contributed by atoms with Crippen molar-refractivity contribution < 1.29 is 18.7 Å². The number of hydrogen-bond donors (Lipinski definition) is 2. The Balaban J connectivity index is 1.65. The lowest BCUT2D eigenvalue weighted by molar-refractivity contribution is 0.0948. The Labute approximate surface area is 168 Å². The first-order valence-electron chi connectivity index (χ1n) is 9.05. The van der Waals surface area contributed by atoms with Crippen LogP contribution in [0.5, 0.6) is 5.75 Å². The highest BCUT2D eigenvalue weighted by atomic mass is 19.1. The number of benzene rings is 3. The molecule has 0 unspecified atom stereocenters. The van der Waals surface area contributed by atoms with Gasteiger partial charge in [-0.05, 0) is 55.0 Å². The molecular formula is C23H21FN2O3. The SMILES string of the molecule is COc1ccc(C)cc1NC(=O)c1ccc(C(=O)NCc2ccccc2F)cc1. The number of halogens is 1. The molecule has 2 amide bonds. The predicted octanol–water partition coefficient (Wildman–Crippen LogP) is 4.33. The Hall–Kier alpha value is -3.67. The normalized spacial score (nSPS) is 10.3. The fourth-order valence-corrected chi connectivity index (χ4v) is 2.81. The molecule has 5 nitrogen and oxygen atoms in total. The van der Waals surface area contributed by atoms with Gasteiger partial charge in [-0.15, -0.1) is 0 Å². The van der Waals surface area contributed by atoms with Gasteiger partial charge in [0.05, 0.1) is 12.8 Å². The molecular weight excluding hydrogens is 371 g/mol. The standard InChI is InChI=1S/C23H21FN2O3/c1-15-7-12-21(29-2)20(13-15)26-23(28)17-10-8-16(9-11-17)22(27)25-14-18-5-3-4-6-19(18)24/h3-13H,14H2,1-2H3,(H,25,27)(H,26,28). The van der Waals surface area contributed by atoms with Crippen LogP contribution in [0.4, 0.5) is 10.1 Å². The summed E-state index contributed by atoms with van der Waals surface area (Å²) >= 11 is 0. The summed E-state index contributed by atoms with van der Waals surface area (Å²) in [5, 5.41) is 5.48. The van der Waals surface area contributed by atoms with E-state index in [0.717, 1.165) is 5.56 Å². The molecule has 0 aromatic heterocycles. The van der Waals surface area contributed by atoms with E-state index in [1.807, 2.05) is 19.1 Å². The minimum atomic E-state index is -0.369. The van der Waals surface area contributed by atoms with Gasteiger partial charge in [0.25, 0.3) is 11.8 Å². The number of carbonyl (C=O) groups excluding carboxylic acids is 2. The Morgan fingerprint density at radius 2 is 1.59 bits per heavy atom. The summed E-state index contributed by atoms with van der Waals surface area (Å²) in [6.07, 6.45) is 0. The molecule has 29 heavy (non-hydrogen) atoms. The fraction of sp³-hybridized carbons (Fsp3) is 0.130. The molecule has 3 rings (SSSR count). The summed E-state index contributed by atoms with van der Waals surface area (Å²) < 4.78 is 18.9. The summed E-state index contributed by atoms with van der Waals surface area (Å²) in [4.78, 5) is 24.8. The summed E-state index contributed by atoms with van der Waals surface area (Å²) in [5.41, 5.74) is 2.75. The van der Waals surface area contributed by atoms with Crippen LogP contribution in [0, 0.1) is 12.7 Å². The van der Waals surface area contributed by atoms with Crippen LogP contribution in [-0.2, 0) is 6.54 Å². The second kappa shape index (κ2) is 9.01. The Bertz CT molecular complexity index is 1030. The van der Waals surface area contributed by atoms with Crippen LogP contribution in [0.2, 0.25) is 0 Å². The highest BCUT2D eigenvalue weighted by Gasteiger charge is 2.12. The topological polar surface area (TPSA) is 67.4 Å². The van der Waals surface area contributed by atoms with Crippen molar-refractivity contribution in [1.29, 1.82) is 0 Å². The van der Waals surface area contributed by atoms with Gasteiger partial charge in [-0.3, -0.25) is 9.59 Å². The van der Waals surface area contributed by atoms with E-state index in [4.69, 9.17) is 4.74 Å². The highest BCUT2D eigenvalue weighted by Crippen LogP contribution is 2.25. The largest absolute Gasteiger partial charge is 0.495 e. The van der Waals surface area contributed by atoms with Crippen LogP contribution in [0.3, 0.4) is 0 Å². The third-order valence-corrected chi connectivity index (χ3v) is 4.41. The number of rotatable bonds is 6. The molecule has 3 aromatic rings. The monoisotopic (exact) mass is 392 g/mol. The van der Waals surface area contributed by atoms with Gasteiger partial charge in [-0.25, -0.2) is 4.39 Å². The first kappa shape index (κ1) is 20.1. The van der Waals surface area contributed by atoms with Crippen LogP contribution >= 0.6 is 0 Å². The molecule has 0 aliphatic heterocycles. The second-order valence-corrected chi connectivity index (χ2v) is 6.51. The van der Waals surface area contributed by atoms with Crippen molar-refractivity contribution >= 4 is 17.5 Å². The van der Waals surface area contributed by atoms with Crippen molar-refractivity contribution in [3.05, 3.63) is 94.8 Å². The molecule has 0 radical (unpaired) electrons. The number of methoxy groups -OCH3 is 1. The molecule has 0 aliphatic rings. The minimum Gasteiger partial charge on any atom is -0.495 e. The minimum absolute atomic E-state index is 0.0842. The molecule has 148 valence electrons. The van der Waals surface area contributed by atoms with E-state index < -0.39 is 0 Å². The van der Waals surface area contributed by atoms with Crippen LogP contribution in [0.15, 0.2) is 66.7 Å². The van der Waals surface area contributed by atoms with Gasteiger partial charge < -0.3 is 15.4 Å². The average Bonchev–Trinajstić information content (AvgIpc) is 2.73. The third kappa shape index (κ3) is 4.99. The zero-order chi connectivity index (χ0) is 20.8. The zero-order valence-corrected chi connectivity index (χ0v) is 16.2. The number of ether oxygens (including phenoxy) is 1. The molecule has 0 saturated heterocycles. The Morgan fingerprint density at radius 3 is 2.24 bits per heavy atom. The number of anilines is 1. The number of aryl methyl sites for hydroxylation is 1. The fourth-order valence-electron chi connectivity index (χ4n) is 2.81. The zero-order valence-electron chi connectivity index (χ0n) is 16.2. The van der Waals surface area contributed by atoms with Crippen LogP contribution in [-0.4, -0.2) is 18.9 Å². The summed E-state index contributed by atoms with van der Waals surface area (Å²) in [6.45, 7) is 2.00. The van der Waals surface area contributed by atoms with Gasteiger partial charge in [0.1, 0.15) is 11.6 Å². The molecule has 0 atom stereocenters. The highest BCUT2D eigenvalue weighted by molar-refractivity contribution is 6.05. The Morgan fingerprint density at radius 1 is 0.931 bits per heavy atom. The third-order valence-electron chi connectivity index (χ3n) is 4.41. The molecule has 3 aromatic carbocycles. The van der Waals surface area contributed by atoms with Crippen LogP contribution < -0.4 is 15.4 Å². The van der Waals surface area contributed by atoms with Gasteiger partial charge in [0, 0.05) is 23.2 Å². The van der Waals surface area contributed by atoms with Crippen molar-refractivity contribution in [2.75, 3.05) is 12.4 Å². The number of nitrogens with one attached hydrogen (secondary N) is 2. The van der Waals surface area contributed by atoms with E-state index in [1.54, 1.807) is 48.5 Å². The number of hydrogen-bond acceptors (Lipinski definition) is 3. The molecule has 2 N–H and O–H groups in total. The van der Waals surface area contributed by atoms with E-state index in [9.17, 15) is 14.0 Å². The van der Waals surface area contributed by atoms with Gasteiger partial charge in [-0.2, -0.15) is 0 Å². The molecule has 0 aliphatic carbocycles. The Kier molecular flexibility index (Phi) is 6.24. The lowest BCUT2D eigenvalue weighted by Gasteiger charge is -2.11. The van der Waals surface area contributed by atoms with Gasteiger partial charge >= 0.3 is 0 Å². The quantitative estimate of drug-likeness (QED) is 0.656. The average molecular weight is 392 g/mol. The van der Waals surface area contributed by atoms with E-state index in [-0.39, 0.29) is 24.2 Å². The van der Waals surface area contributed by atoms with Crippen molar-refractivity contribution in [2.45, 2.75) is 13.5 Å². The molecule has 0 saturated carbocycles. The number of amides is 2. The van der Waals surface area contributed by atoms with Gasteiger partial charge in [0.2, 0.25) is 0 Å². The molecule has 0 spiro atoms. The molecule has 0 heterocycles. The first-order chi connectivity index (χ1) is 14.0. The van der Waals surface area contributed by atoms with Crippen LogP contribution in [0.1, 0.15) is 31.8 Å². The maximum atomic E-state index is 13.6. The van der Waals surface area contributed by atoms with Crippen molar-refractivity contribution in [2.24, 2.45) is 0 Å². The molecule has 6 heteroatoms. The smallest absolute Gasteiger partial charge is 0.255 e. The van der Waals surface area contributed by atoms with Gasteiger partial charge in [-0.1, -0.05) is 24.3 Å². The second-order valence-electron chi connectivity index (χ2n) is 6.51. The summed E-state index contributed by atoms with van der Waals surface area (Å²) in [5.74, 6) is -0.465. The van der Waals surface area contributed by atoms with Crippen LogP contribution in [0.25, 0.3) is 0 Å². The van der Waals surface area contributed by atoms with E-state index in [0.29, 0.717) is 28.1 Å². The molecule has 0 bridgehead atoms. The summed E-state index contributed by atoms with van der Waals surface area (Å²) in [6, 6.07) is 18.0. The van der Waals surface area contributed by atoms with Crippen molar-refractivity contribution in [3.63, 3.8) is 0 Å². The first-order valence-corrected chi connectivity index (χ1v) is 9.05. The lowest BCUT2D eigenvalue weighted by Crippen LogP contribution is -2.23. The predicted molar refractivity (Wildman–Crippen MR) is 110 cm³/mol. The van der Waals surface area contributed by atoms with Gasteiger partial charge in [0.15, 0.2) is 0 Å². The maximum Gasteiger partial charge on any atom is 0.255 e.